The van der Waals surface area contributed by atoms with Gasteiger partial charge in [-0.1, -0.05) is 40.5 Å². The van der Waals surface area contributed by atoms with E-state index < -0.39 is 0 Å². The number of rotatable bonds is 10. The summed E-state index contributed by atoms with van der Waals surface area (Å²) in [6.45, 7) is 14.1. The van der Waals surface area contributed by atoms with E-state index in [1.54, 1.807) is 6.33 Å². The summed E-state index contributed by atoms with van der Waals surface area (Å²) in [4.78, 5) is 11.5. The molecule has 0 aromatic carbocycles. The van der Waals surface area contributed by atoms with Crippen molar-refractivity contribution in [2.45, 2.75) is 66.2 Å². The normalized spacial score (nSPS) is 11.0. The maximum Gasteiger partial charge on any atom is 0.137 e. The van der Waals surface area contributed by atoms with Gasteiger partial charge in [-0.2, -0.15) is 0 Å². The first-order chi connectivity index (χ1) is 10.2. The monoisotopic (exact) mass is 292 g/mol. The lowest BCUT2D eigenvalue weighted by Gasteiger charge is -2.28. The second-order valence-corrected chi connectivity index (χ2v) is 5.84. The summed E-state index contributed by atoms with van der Waals surface area (Å²) in [5.41, 5.74) is 1.26. The molecule has 0 bridgehead atoms. The van der Waals surface area contributed by atoms with Crippen LogP contribution in [0.1, 0.15) is 71.8 Å². The van der Waals surface area contributed by atoms with Gasteiger partial charge < -0.3 is 10.2 Å². The molecule has 0 spiro atoms. The Kier molecular flexibility index (Phi) is 8.09. The molecule has 21 heavy (non-hydrogen) atoms. The van der Waals surface area contributed by atoms with Gasteiger partial charge in [-0.25, -0.2) is 9.97 Å². The van der Waals surface area contributed by atoms with Gasteiger partial charge in [0.25, 0.3) is 0 Å². The maximum atomic E-state index is 4.62. The predicted octanol–water partition coefficient (Wildman–Crippen LogP) is 4.44. The molecular weight excluding hydrogens is 260 g/mol. The number of nitrogens with one attached hydrogen (secondary N) is 1. The zero-order valence-corrected chi connectivity index (χ0v) is 14.4. The van der Waals surface area contributed by atoms with Gasteiger partial charge in [-0.15, -0.1) is 0 Å². The number of nitrogens with zero attached hydrogens (tertiary/aromatic N) is 3. The second kappa shape index (κ2) is 9.59. The van der Waals surface area contributed by atoms with Crippen LogP contribution in [0.4, 0.5) is 11.6 Å². The van der Waals surface area contributed by atoms with Crippen molar-refractivity contribution in [3.8, 4) is 0 Å². The molecule has 4 nitrogen and oxygen atoms in total. The Balaban J connectivity index is 3.11. The van der Waals surface area contributed by atoms with Crippen LogP contribution in [-0.4, -0.2) is 29.6 Å². The van der Waals surface area contributed by atoms with Crippen LogP contribution in [0, 0.1) is 0 Å². The van der Waals surface area contributed by atoms with Gasteiger partial charge in [0.05, 0.1) is 0 Å². The average Bonchev–Trinajstić information content (AvgIpc) is 2.47. The molecule has 0 radical (unpaired) electrons. The third-order valence-electron chi connectivity index (χ3n) is 3.65. The van der Waals surface area contributed by atoms with Crippen molar-refractivity contribution in [1.29, 1.82) is 0 Å². The third kappa shape index (κ3) is 5.18. The van der Waals surface area contributed by atoms with Crippen molar-refractivity contribution in [2.75, 3.05) is 29.9 Å². The summed E-state index contributed by atoms with van der Waals surface area (Å²) in [5.74, 6) is 2.54. The predicted molar refractivity (Wildman–Crippen MR) is 92.3 cm³/mol. The molecule has 0 atom stereocenters. The fraction of sp³-hybridized carbons (Fsp3) is 0.765. The van der Waals surface area contributed by atoms with Crippen LogP contribution < -0.4 is 10.2 Å². The maximum absolute atomic E-state index is 4.62. The van der Waals surface area contributed by atoms with Crippen LogP contribution >= 0.6 is 0 Å². The van der Waals surface area contributed by atoms with E-state index in [0.29, 0.717) is 5.92 Å². The molecule has 0 fully saturated rings. The van der Waals surface area contributed by atoms with E-state index in [-0.39, 0.29) is 0 Å². The van der Waals surface area contributed by atoms with Gasteiger partial charge in [0, 0.05) is 25.2 Å². The van der Waals surface area contributed by atoms with E-state index in [4.69, 9.17) is 0 Å². The van der Waals surface area contributed by atoms with Crippen molar-refractivity contribution in [3.63, 3.8) is 0 Å². The Morgan fingerprint density at radius 1 is 1.05 bits per heavy atom. The van der Waals surface area contributed by atoms with Crippen LogP contribution in [0.2, 0.25) is 0 Å². The Hall–Kier alpha value is -1.32. The molecule has 1 N–H and O–H groups in total. The van der Waals surface area contributed by atoms with Crippen molar-refractivity contribution in [2.24, 2.45) is 0 Å². The van der Waals surface area contributed by atoms with Crippen molar-refractivity contribution < 1.29 is 0 Å². The van der Waals surface area contributed by atoms with Crippen LogP contribution in [0.15, 0.2) is 6.33 Å². The Morgan fingerprint density at radius 3 is 2.14 bits per heavy atom. The van der Waals surface area contributed by atoms with Gasteiger partial charge >= 0.3 is 0 Å². The lowest BCUT2D eigenvalue weighted by molar-refractivity contribution is 0.663. The Morgan fingerprint density at radius 2 is 1.67 bits per heavy atom. The van der Waals surface area contributed by atoms with Crippen molar-refractivity contribution in [1.82, 2.24) is 9.97 Å². The Bertz CT molecular complexity index is 396. The molecule has 0 aliphatic rings. The highest BCUT2D eigenvalue weighted by molar-refractivity contribution is 5.60. The number of unbranched alkanes of at least 4 members (excludes halogenated alkanes) is 2. The van der Waals surface area contributed by atoms with E-state index in [9.17, 15) is 0 Å². The first kappa shape index (κ1) is 17.7. The topological polar surface area (TPSA) is 41.1 Å². The lowest BCUT2D eigenvalue weighted by atomic mass is 10.0. The molecule has 1 aromatic rings. The molecule has 1 rings (SSSR count). The smallest absolute Gasteiger partial charge is 0.137 e. The van der Waals surface area contributed by atoms with Crippen LogP contribution in [0.25, 0.3) is 0 Å². The highest BCUT2D eigenvalue weighted by Crippen LogP contribution is 2.31. The number of aromatic nitrogens is 2. The molecule has 0 aliphatic heterocycles. The quantitative estimate of drug-likeness (QED) is 0.692. The molecule has 1 aromatic heterocycles. The van der Waals surface area contributed by atoms with E-state index in [1.165, 1.54) is 31.2 Å². The molecule has 1 heterocycles. The minimum Gasteiger partial charge on any atom is -0.370 e. The fourth-order valence-electron chi connectivity index (χ4n) is 2.50. The lowest BCUT2D eigenvalue weighted by Crippen LogP contribution is -2.28. The number of anilines is 2. The van der Waals surface area contributed by atoms with Gasteiger partial charge in [0.15, 0.2) is 0 Å². The first-order valence-corrected chi connectivity index (χ1v) is 8.49. The molecule has 0 aliphatic carbocycles. The Labute approximate surface area is 130 Å². The van der Waals surface area contributed by atoms with Crippen molar-refractivity contribution >= 4 is 11.6 Å². The molecule has 0 saturated carbocycles. The second-order valence-electron chi connectivity index (χ2n) is 5.84. The van der Waals surface area contributed by atoms with E-state index in [2.05, 4.69) is 54.8 Å². The van der Waals surface area contributed by atoms with Crippen LogP contribution in [0.5, 0.6) is 0 Å². The molecule has 0 amide bonds. The summed E-state index contributed by atoms with van der Waals surface area (Å²) in [6.07, 6.45) is 6.54. The highest BCUT2D eigenvalue weighted by Gasteiger charge is 2.19. The van der Waals surface area contributed by atoms with Gasteiger partial charge in [0.2, 0.25) is 0 Å². The van der Waals surface area contributed by atoms with E-state index in [0.717, 1.165) is 31.3 Å². The summed E-state index contributed by atoms with van der Waals surface area (Å²) < 4.78 is 0. The molecule has 4 heteroatoms. The zero-order chi connectivity index (χ0) is 15.7. The van der Waals surface area contributed by atoms with Gasteiger partial charge in [0.1, 0.15) is 18.0 Å². The van der Waals surface area contributed by atoms with Crippen molar-refractivity contribution in [3.05, 3.63) is 11.9 Å². The molecule has 0 unspecified atom stereocenters. The SMILES string of the molecule is CCCCN(CCCC)c1ncnc(NCC)c1C(C)C. The largest absolute Gasteiger partial charge is 0.370 e. The standard InChI is InChI=1S/C17H32N4/c1-6-9-11-21(12-10-7-2)17-15(14(4)5)16(18-8-3)19-13-20-17/h13-14H,6-12H2,1-5H3,(H,18,19,20). The van der Waals surface area contributed by atoms with Crippen LogP contribution in [0.3, 0.4) is 0 Å². The van der Waals surface area contributed by atoms with E-state index in [1.807, 2.05) is 0 Å². The highest BCUT2D eigenvalue weighted by atomic mass is 15.2. The first-order valence-electron chi connectivity index (χ1n) is 8.49. The summed E-state index contributed by atoms with van der Waals surface area (Å²) in [5, 5.41) is 3.39. The molecule has 0 saturated heterocycles. The summed E-state index contributed by atoms with van der Waals surface area (Å²) >= 11 is 0. The minimum absolute atomic E-state index is 0.418. The van der Waals surface area contributed by atoms with Crippen LogP contribution in [-0.2, 0) is 0 Å². The molecular formula is C17H32N4. The summed E-state index contributed by atoms with van der Waals surface area (Å²) in [6, 6.07) is 0. The van der Waals surface area contributed by atoms with Gasteiger partial charge in [-0.05, 0) is 25.7 Å². The number of hydrogen-bond acceptors (Lipinski definition) is 4. The summed E-state index contributed by atoms with van der Waals surface area (Å²) in [7, 11) is 0. The molecule has 120 valence electrons. The fourth-order valence-corrected chi connectivity index (χ4v) is 2.50. The third-order valence-corrected chi connectivity index (χ3v) is 3.65. The number of hydrogen-bond donors (Lipinski definition) is 1. The minimum atomic E-state index is 0.418. The van der Waals surface area contributed by atoms with E-state index >= 15 is 0 Å². The van der Waals surface area contributed by atoms with Gasteiger partial charge in [-0.3, -0.25) is 0 Å². The average molecular weight is 292 g/mol. The zero-order valence-electron chi connectivity index (χ0n) is 14.4.